The van der Waals surface area contributed by atoms with Crippen molar-refractivity contribution in [3.05, 3.63) is 84.2 Å². The lowest BCUT2D eigenvalue weighted by Gasteiger charge is -2.16. The van der Waals surface area contributed by atoms with Crippen molar-refractivity contribution in [3.63, 3.8) is 0 Å². The highest BCUT2D eigenvalue weighted by Gasteiger charge is 2.48. The fourth-order valence-electron chi connectivity index (χ4n) is 8.39. The number of carbonyl (C=O) groups excluding carboxylic acids is 4. The number of pyridine rings is 2. The number of alkyl carbamates (subject to hydrolysis) is 1. The van der Waals surface area contributed by atoms with Crippen LogP contribution in [-0.4, -0.2) is 150 Å². The molecule has 4 atom stereocenters. The first-order valence-electron chi connectivity index (χ1n) is 22.4. The van der Waals surface area contributed by atoms with Gasteiger partial charge in [-0.15, -0.1) is 32.8 Å². The summed E-state index contributed by atoms with van der Waals surface area (Å²) in [4.78, 5) is 62.7. The Morgan fingerprint density at radius 2 is 1.15 bits per heavy atom. The highest BCUT2D eigenvalue weighted by atomic mass is 35.5. The number of nitrogens with zero attached hydrogens (tertiary/aromatic N) is 13. The van der Waals surface area contributed by atoms with Crippen molar-refractivity contribution in [1.82, 2.24) is 60.6 Å². The van der Waals surface area contributed by atoms with Crippen LogP contribution >= 0.6 is 24.0 Å². The molecule has 71 heavy (non-hydrogen) atoms. The van der Waals surface area contributed by atoms with Crippen LogP contribution in [0, 0.1) is 0 Å². The molecule has 25 heteroatoms. The molecule has 23 nitrogen and oxygen atoms in total. The van der Waals surface area contributed by atoms with E-state index in [1.165, 1.54) is 43.4 Å². The number of rotatable bonds is 10. The minimum atomic E-state index is -0.773. The maximum Gasteiger partial charge on any atom is 0.415 e. The lowest BCUT2D eigenvalue weighted by Crippen LogP contribution is -2.40. The van der Waals surface area contributed by atoms with Crippen molar-refractivity contribution in [2.24, 2.45) is 19.8 Å². The van der Waals surface area contributed by atoms with Gasteiger partial charge in [0.05, 0.1) is 58.3 Å². The molecule has 0 saturated carbocycles. The van der Waals surface area contributed by atoms with Crippen molar-refractivity contribution in [2.75, 3.05) is 56.7 Å². The Kier molecular flexibility index (Phi) is 17.9. The van der Waals surface area contributed by atoms with Crippen LogP contribution in [-0.2, 0) is 45.9 Å². The Labute approximate surface area is 420 Å². The van der Waals surface area contributed by atoms with E-state index < -0.39 is 23.7 Å². The molecule has 2 fully saturated rings. The third-order valence-electron chi connectivity index (χ3n) is 12.0. The number of halogens is 2. The third-order valence-corrected chi connectivity index (χ3v) is 12.1. The number of aryl methyl sites for hydroxylation is 2. The van der Waals surface area contributed by atoms with E-state index in [1.54, 1.807) is 36.3 Å². The quantitative estimate of drug-likeness (QED) is 0.127. The summed E-state index contributed by atoms with van der Waals surface area (Å²) in [7, 11) is 5.92. The molecule has 2 saturated heterocycles. The van der Waals surface area contributed by atoms with Gasteiger partial charge in [-0.25, -0.2) is 19.2 Å². The topological polar surface area (TPSA) is 266 Å². The molecule has 0 unspecified atom stereocenters. The van der Waals surface area contributed by atoms with Gasteiger partial charge in [0.2, 0.25) is 11.6 Å². The standard InChI is InChI=1S/C20H19N7O4.C18H17N7O2.C6H15N.C2H3ClO2.ClH/c1-26-24-18(23-25-26)14-5-3-12(9-21-14)11-4-6-15-13(7-11)8-16-17(10-22-19(28)30-2)31-20(29)27(15)16;1-24-22-17(21-23-24)13-4-2-11(9-20-13)10-3-5-14-12(6-10)7-15-16(8-19)27-18(26)25(14)15;1-4-7(5-2)6-3;1-5-2(3)4;/h3-7,9,16-17H,8,10H2,1-2H3,(H,22,28);2-6,9,15-16H,7-8,19H2,1H3;4-6H2,1-3H3;1H3;1H/t16-,17-;15-,16-;;;/m00.../s1. The predicted octanol–water partition coefficient (Wildman–Crippen LogP) is 5.45. The molecular weight excluding hydrogens is 962 g/mol. The van der Waals surface area contributed by atoms with Gasteiger partial charge in [-0.3, -0.25) is 19.8 Å². The van der Waals surface area contributed by atoms with Gasteiger partial charge in [0.15, 0.2) is 0 Å². The molecule has 0 radical (unpaired) electrons. The molecular formula is C46H55Cl2N15O8. The van der Waals surface area contributed by atoms with Crippen LogP contribution in [0.3, 0.4) is 0 Å². The molecule has 4 aliphatic rings. The summed E-state index contributed by atoms with van der Waals surface area (Å²) in [6, 6.07) is 19.4. The normalized spacial score (nSPS) is 17.6. The van der Waals surface area contributed by atoms with Crippen LogP contribution in [0.1, 0.15) is 31.9 Å². The molecule has 0 aliphatic carbocycles. The second-order valence-electron chi connectivity index (χ2n) is 16.1. The lowest BCUT2D eigenvalue weighted by molar-refractivity contribution is 0.123. The number of aromatic nitrogens is 10. The number of hydrogen-bond acceptors (Lipinski definition) is 18. The number of methoxy groups -OCH3 is 2. The fourth-order valence-corrected chi connectivity index (χ4v) is 8.39. The van der Waals surface area contributed by atoms with E-state index in [9.17, 15) is 19.2 Å². The Bertz CT molecular complexity index is 2790. The van der Waals surface area contributed by atoms with E-state index in [1.807, 2.05) is 48.5 Å². The second-order valence-corrected chi connectivity index (χ2v) is 16.4. The number of nitrogens with two attached hydrogens (primary N) is 1. The summed E-state index contributed by atoms with van der Waals surface area (Å²) in [6.45, 7) is 10.7. The van der Waals surface area contributed by atoms with Crippen molar-refractivity contribution in [1.29, 1.82) is 0 Å². The van der Waals surface area contributed by atoms with Crippen molar-refractivity contribution in [2.45, 2.75) is 57.9 Å². The van der Waals surface area contributed by atoms with Crippen LogP contribution in [0.15, 0.2) is 73.1 Å². The molecule has 376 valence electrons. The van der Waals surface area contributed by atoms with Crippen LogP contribution in [0.4, 0.5) is 30.6 Å². The minimum absolute atomic E-state index is 0. The van der Waals surface area contributed by atoms with E-state index >= 15 is 0 Å². The molecule has 0 bridgehead atoms. The van der Waals surface area contributed by atoms with Gasteiger partial charge in [0.25, 0.3) is 0 Å². The molecule has 2 aromatic carbocycles. The maximum atomic E-state index is 12.4. The average molecular weight is 1020 g/mol. The van der Waals surface area contributed by atoms with Crippen LogP contribution in [0.2, 0.25) is 0 Å². The zero-order valence-electron chi connectivity index (χ0n) is 40.1. The number of fused-ring (bicyclic) bond motifs is 6. The fraction of sp³-hybridized carbons (Fsp3) is 0.391. The molecule has 6 aromatic rings. The Hall–Kier alpha value is -7.34. The first-order valence-corrected chi connectivity index (χ1v) is 22.8. The van der Waals surface area contributed by atoms with Crippen molar-refractivity contribution in [3.8, 4) is 45.3 Å². The zero-order chi connectivity index (χ0) is 50.1. The highest BCUT2D eigenvalue weighted by molar-refractivity contribution is 6.61. The number of cyclic esters (lactones) is 2. The Morgan fingerprint density at radius 1 is 0.718 bits per heavy atom. The molecule has 4 aromatic heterocycles. The monoisotopic (exact) mass is 1020 g/mol. The van der Waals surface area contributed by atoms with Gasteiger partial charge in [0.1, 0.15) is 23.6 Å². The molecule has 0 spiro atoms. The van der Waals surface area contributed by atoms with E-state index in [0.717, 1.165) is 51.2 Å². The summed E-state index contributed by atoms with van der Waals surface area (Å²) < 4.78 is 19.2. The summed E-state index contributed by atoms with van der Waals surface area (Å²) in [5, 5.41) is 26.5. The molecule has 4 aliphatic heterocycles. The average Bonchev–Trinajstić information content (AvgIpc) is 4.25. The lowest BCUT2D eigenvalue weighted by atomic mass is 10.0. The first-order chi connectivity index (χ1) is 33.8. The van der Waals surface area contributed by atoms with E-state index in [4.69, 9.17) is 15.2 Å². The first kappa shape index (κ1) is 53.0. The van der Waals surface area contributed by atoms with E-state index in [2.05, 4.69) is 105 Å². The van der Waals surface area contributed by atoms with Crippen molar-refractivity contribution < 1.29 is 38.1 Å². The summed E-state index contributed by atoms with van der Waals surface area (Å²) >= 11 is 4.60. The van der Waals surface area contributed by atoms with Gasteiger partial charge in [-0.2, -0.15) is 9.59 Å². The molecule has 3 amide bonds. The summed E-state index contributed by atoms with van der Waals surface area (Å²) in [5.41, 5.74) is 14.1. The third kappa shape index (κ3) is 12.2. The van der Waals surface area contributed by atoms with Crippen molar-refractivity contribution >= 4 is 59.1 Å². The van der Waals surface area contributed by atoms with E-state index in [0.29, 0.717) is 36.0 Å². The Balaban J connectivity index is 0.000000188. The minimum Gasteiger partial charge on any atom is -0.457 e. The number of ether oxygens (including phenoxy) is 4. The Morgan fingerprint density at radius 3 is 1.51 bits per heavy atom. The summed E-state index contributed by atoms with van der Waals surface area (Å²) in [5.74, 6) is 0.957. The maximum absolute atomic E-state index is 12.4. The number of tetrazole rings is 2. The van der Waals surface area contributed by atoms with Gasteiger partial charge < -0.3 is 34.9 Å². The number of carbonyl (C=O) groups is 4. The SMILES string of the molecule is CCN(CC)CC.COC(=O)Cl.COC(=O)NC[C@@H]1OC(=O)N2c3ccc(-c4ccc(-c5nnn(C)n5)nc4)cc3C[C@@H]12.Cl.Cn1nnc(-c2ccc(-c3ccc4c(c3)C[C@H]3[C@H](CN)OC(=O)N43)cn2)n1. The number of hydrogen-bond donors (Lipinski definition) is 2. The number of amides is 3. The van der Waals surface area contributed by atoms with Crippen LogP contribution in [0.5, 0.6) is 0 Å². The summed E-state index contributed by atoms with van der Waals surface area (Å²) in [6.07, 6.45) is 2.96. The van der Waals surface area contributed by atoms with Gasteiger partial charge in [-0.1, -0.05) is 45.0 Å². The highest BCUT2D eigenvalue weighted by Crippen LogP contribution is 2.42. The largest absolute Gasteiger partial charge is 0.457 e. The van der Waals surface area contributed by atoms with E-state index in [-0.39, 0.29) is 43.2 Å². The zero-order valence-corrected chi connectivity index (χ0v) is 41.7. The smallest absolute Gasteiger partial charge is 0.415 e. The predicted molar refractivity (Wildman–Crippen MR) is 264 cm³/mol. The molecule has 10 rings (SSSR count). The number of benzene rings is 2. The second kappa shape index (κ2) is 24.0. The number of anilines is 2. The van der Waals surface area contributed by atoms with Crippen LogP contribution < -0.4 is 20.9 Å². The molecule has 3 N–H and O–H groups in total. The van der Waals surface area contributed by atoms with Gasteiger partial charge in [-0.05, 0) is 102 Å². The van der Waals surface area contributed by atoms with Gasteiger partial charge in [0, 0.05) is 41.7 Å². The number of nitrogens with one attached hydrogen (secondary N) is 1. The van der Waals surface area contributed by atoms with Crippen LogP contribution in [0.25, 0.3) is 45.3 Å². The molecule has 8 heterocycles. The van der Waals surface area contributed by atoms with Gasteiger partial charge >= 0.3 is 23.7 Å².